The summed E-state index contributed by atoms with van der Waals surface area (Å²) < 4.78 is 12.1. The SMILES string of the molecule is OCc1cc2c(Oc3ccccc3OCc3ccccc3)cccc2[nH]1. The summed E-state index contributed by atoms with van der Waals surface area (Å²) in [6, 6.07) is 25.3. The van der Waals surface area contributed by atoms with Gasteiger partial charge in [-0.15, -0.1) is 0 Å². The average Bonchev–Trinajstić information content (AvgIpc) is 3.13. The molecule has 1 aromatic heterocycles. The van der Waals surface area contributed by atoms with E-state index in [1.165, 1.54) is 0 Å². The zero-order chi connectivity index (χ0) is 17.8. The lowest BCUT2D eigenvalue weighted by atomic mass is 10.2. The second-order valence-electron chi connectivity index (χ2n) is 5.99. The third-order valence-corrected chi connectivity index (χ3v) is 4.16. The van der Waals surface area contributed by atoms with E-state index in [9.17, 15) is 5.11 Å². The summed E-state index contributed by atoms with van der Waals surface area (Å²) in [4.78, 5) is 3.17. The van der Waals surface area contributed by atoms with Crippen LogP contribution in [0.4, 0.5) is 0 Å². The minimum Gasteiger partial charge on any atom is -0.485 e. The molecule has 2 N–H and O–H groups in total. The van der Waals surface area contributed by atoms with Gasteiger partial charge in [-0.1, -0.05) is 48.5 Å². The van der Waals surface area contributed by atoms with E-state index in [1.807, 2.05) is 78.9 Å². The van der Waals surface area contributed by atoms with E-state index < -0.39 is 0 Å². The highest BCUT2D eigenvalue weighted by Gasteiger charge is 2.10. The van der Waals surface area contributed by atoms with E-state index >= 15 is 0 Å². The van der Waals surface area contributed by atoms with Crippen molar-refractivity contribution in [1.29, 1.82) is 0 Å². The first-order valence-corrected chi connectivity index (χ1v) is 8.48. The van der Waals surface area contributed by atoms with Gasteiger partial charge < -0.3 is 19.6 Å². The number of aliphatic hydroxyl groups excluding tert-OH is 1. The number of para-hydroxylation sites is 2. The van der Waals surface area contributed by atoms with Gasteiger partial charge in [0.15, 0.2) is 11.5 Å². The summed E-state index contributed by atoms with van der Waals surface area (Å²) in [6.45, 7) is 0.440. The van der Waals surface area contributed by atoms with Crippen molar-refractivity contribution in [2.24, 2.45) is 0 Å². The molecular weight excluding hydrogens is 326 g/mol. The maximum absolute atomic E-state index is 9.35. The molecule has 3 aromatic carbocycles. The summed E-state index contributed by atoms with van der Waals surface area (Å²) in [7, 11) is 0. The Balaban J connectivity index is 1.60. The van der Waals surface area contributed by atoms with Gasteiger partial charge in [-0.2, -0.15) is 0 Å². The van der Waals surface area contributed by atoms with Crippen molar-refractivity contribution in [3.63, 3.8) is 0 Å². The molecule has 4 heteroatoms. The van der Waals surface area contributed by atoms with Gasteiger partial charge in [0.25, 0.3) is 0 Å². The molecule has 1 heterocycles. The maximum atomic E-state index is 9.35. The van der Waals surface area contributed by atoms with E-state index in [0.29, 0.717) is 23.9 Å². The molecular formula is C22H19NO3. The van der Waals surface area contributed by atoms with Crippen LogP contribution >= 0.6 is 0 Å². The maximum Gasteiger partial charge on any atom is 0.169 e. The molecule has 4 aromatic rings. The average molecular weight is 345 g/mol. The zero-order valence-corrected chi connectivity index (χ0v) is 14.2. The molecule has 0 atom stereocenters. The highest BCUT2D eigenvalue weighted by Crippen LogP contribution is 2.35. The molecule has 0 spiro atoms. The van der Waals surface area contributed by atoms with Crippen LogP contribution in [0.2, 0.25) is 0 Å². The van der Waals surface area contributed by atoms with Crippen LogP contribution in [0.15, 0.2) is 78.9 Å². The summed E-state index contributed by atoms with van der Waals surface area (Å²) >= 11 is 0. The summed E-state index contributed by atoms with van der Waals surface area (Å²) in [5.41, 5.74) is 2.78. The van der Waals surface area contributed by atoms with Crippen molar-refractivity contribution < 1.29 is 14.6 Å². The lowest BCUT2D eigenvalue weighted by molar-refractivity contribution is 0.278. The van der Waals surface area contributed by atoms with E-state index in [-0.39, 0.29) is 6.61 Å². The molecule has 0 saturated carbocycles. The van der Waals surface area contributed by atoms with Crippen LogP contribution < -0.4 is 9.47 Å². The molecule has 130 valence electrons. The fourth-order valence-electron chi connectivity index (χ4n) is 2.87. The Morgan fingerprint density at radius 2 is 1.50 bits per heavy atom. The van der Waals surface area contributed by atoms with Crippen molar-refractivity contribution >= 4 is 10.9 Å². The largest absolute Gasteiger partial charge is 0.485 e. The quantitative estimate of drug-likeness (QED) is 0.515. The Morgan fingerprint density at radius 3 is 2.31 bits per heavy atom. The molecule has 0 amide bonds. The summed E-state index contributed by atoms with van der Waals surface area (Å²) in [5, 5.41) is 10.3. The predicted octanol–water partition coefficient (Wildman–Crippen LogP) is 5.03. The Labute approximate surface area is 151 Å². The molecule has 0 aliphatic heterocycles. The van der Waals surface area contributed by atoms with Crippen molar-refractivity contribution in [2.45, 2.75) is 13.2 Å². The van der Waals surface area contributed by atoms with Crippen molar-refractivity contribution in [1.82, 2.24) is 4.98 Å². The normalized spacial score (nSPS) is 10.8. The first-order valence-electron chi connectivity index (χ1n) is 8.48. The number of benzene rings is 3. The van der Waals surface area contributed by atoms with Gasteiger partial charge in [0.2, 0.25) is 0 Å². The van der Waals surface area contributed by atoms with Gasteiger partial charge in [0.1, 0.15) is 12.4 Å². The highest BCUT2D eigenvalue weighted by atomic mass is 16.5. The molecule has 0 radical (unpaired) electrons. The summed E-state index contributed by atoms with van der Waals surface area (Å²) in [5.74, 6) is 2.06. The van der Waals surface area contributed by atoms with Gasteiger partial charge in [-0.3, -0.25) is 0 Å². The molecule has 0 aliphatic carbocycles. The lowest BCUT2D eigenvalue weighted by Gasteiger charge is -2.13. The van der Waals surface area contributed by atoms with E-state index in [4.69, 9.17) is 9.47 Å². The lowest BCUT2D eigenvalue weighted by Crippen LogP contribution is -1.97. The minimum absolute atomic E-state index is 0.0368. The monoisotopic (exact) mass is 345 g/mol. The first kappa shape index (κ1) is 16.2. The minimum atomic E-state index is -0.0368. The molecule has 26 heavy (non-hydrogen) atoms. The Kier molecular flexibility index (Phi) is 4.58. The second-order valence-corrected chi connectivity index (χ2v) is 5.99. The number of hydrogen-bond donors (Lipinski definition) is 2. The van der Waals surface area contributed by atoms with Gasteiger partial charge in [0.05, 0.1) is 6.61 Å². The second kappa shape index (κ2) is 7.33. The number of aliphatic hydroxyl groups is 1. The zero-order valence-electron chi connectivity index (χ0n) is 14.2. The number of rotatable bonds is 6. The molecule has 0 bridgehead atoms. The first-order chi connectivity index (χ1) is 12.8. The van der Waals surface area contributed by atoms with Gasteiger partial charge >= 0.3 is 0 Å². The van der Waals surface area contributed by atoms with E-state index in [0.717, 1.165) is 22.2 Å². The third-order valence-electron chi connectivity index (χ3n) is 4.16. The standard InChI is InChI=1S/C22H19NO3/c24-14-17-13-18-19(23-17)9-6-12-20(18)26-22-11-5-4-10-21(22)25-15-16-7-2-1-3-8-16/h1-13,23-24H,14-15H2. The van der Waals surface area contributed by atoms with Crippen LogP contribution in [-0.4, -0.2) is 10.1 Å². The molecule has 0 unspecified atom stereocenters. The van der Waals surface area contributed by atoms with Gasteiger partial charge in [-0.25, -0.2) is 0 Å². The van der Waals surface area contributed by atoms with Crippen molar-refractivity contribution in [3.8, 4) is 17.2 Å². The van der Waals surface area contributed by atoms with Gasteiger partial charge in [0, 0.05) is 16.6 Å². The predicted molar refractivity (Wildman–Crippen MR) is 102 cm³/mol. The topological polar surface area (TPSA) is 54.5 Å². The van der Waals surface area contributed by atoms with E-state index in [1.54, 1.807) is 0 Å². The fourth-order valence-corrected chi connectivity index (χ4v) is 2.87. The number of fused-ring (bicyclic) bond motifs is 1. The van der Waals surface area contributed by atoms with Crippen LogP contribution in [0.3, 0.4) is 0 Å². The smallest absolute Gasteiger partial charge is 0.169 e. The third kappa shape index (κ3) is 3.41. The van der Waals surface area contributed by atoms with Crippen LogP contribution in [0.25, 0.3) is 10.9 Å². The Bertz CT molecular complexity index is 1010. The fraction of sp³-hybridized carbons (Fsp3) is 0.0909. The number of aromatic nitrogens is 1. The Morgan fingerprint density at radius 1 is 0.769 bits per heavy atom. The highest BCUT2D eigenvalue weighted by molar-refractivity contribution is 5.87. The van der Waals surface area contributed by atoms with Crippen LogP contribution in [0.5, 0.6) is 17.2 Å². The van der Waals surface area contributed by atoms with Crippen molar-refractivity contribution in [2.75, 3.05) is 0 Å². The van der Waals surface area contributed by atoms with Crippen LogP contribution in [-0.2, 0) is 13.2 Å². The van der Waals surface area contributed by atoms with Gasteiger partial charge in [-0.05, 0) is 35.9 Å². The van der Waals surface area contributed by atoms with E-state index in [2.05, 4.69) is 4.98 Å². The number of nitrogens with one attached hydrogen (secondary N) is 1. The number of ether oxygens (including phenoxy) is 2. The van der Waals surface area contributed by atoms with Crippen molar-refractivity contribution in [3.05, 3.63) is 90.1 Å². The number of H-pyrrole nitrogens is 1. The molecule has 4 rings (SSSR count). The van der Waals surface area contributed by atoms with Crippen LogP contribution in [0, 0.1) is 0 Å². The molecule has 4 nitrogen and oxygen atoms in total. The molecule has 0 fully saturated rings. The number of aromatic amines is 1. The van der Waals surface area contributed by atoms with Crippen LogP contribution in [0.1, 0.15) is 11.3 Å². The molecule has 0 saturated heterocycles. The Hall–Kier alpha value is -3.24. The number of hydrogen-bond acceptors (Lipinski definition) is 3. The molecule has 0 aliphatic rings. The summed E-state index contributed by atoms with van der Waals surface area (Å²) in [6.07, 6.45) is 0.